The van der Waals surface area contributed by atoms with Crippen LogP contribution in [-0.2, 0) is 14.8 Å². The van der Waals surface area contributed by atoms with Gasteiger partial charge in [0.15, 0.2) is 0 Å². The van der Waals surface area contributed by atoms with Gasteiger partial charge in [-0.2, -0.15) is 0 Å². The first-order valence-electron chi connectivity index (χ1n) is 7.38. The van der Waals surface area contributed by atoms with Crippen LogP contribution in [0.15, 0.2) is 29.2 Å². The average molecular weight is 343 g/mol. The van der Waals surface area contributed by atoms with Crippen LogP contribution in [0.3, 0.4) is 0 Å². The summed E-state index contributed by atoms with van der Waals surface area (Å²) in [4.78, 5) is 11.7. The van der Waals surface area contributed by atoms with Crippen LogP contribution in [0.25, 0.3) is 0 Å². The van der Waals surface area contributed by atoms with E-state index in [2.05, 4.69) is 15.4 Å². The lowest BCUT2D eigenvalue weighted by molar-refractivity contribution is 0.0528. The third-order valence-corrected chi connectivity index (χ3v) is 4.18. The number of carbonyl (C=O) groups is 1. The minimum atomic E-state index is -3.45. The Morgan fingerprint density at radius 1 is 1.22 bits per heavy atom. The van der Waals surface area contributed by atoms with E-state index in [1.165, 1.54) is 13.1 Å². The molecule has 7 nitrogen and oxygen atoms in total. The van der Waals surface area contributed by atoms with Crippen molar-refractivity contribution in [3.8, 4) is 0 Å². The van der Waals surface area contributed by atoms with Gasteiger partial charge in [0.1, 0.15) is 5.60 Å². The molecule has 3 N–H and O–H groups in total. The molecule has 0 spiro atoms. The second-order valence-corrected chi connectivity index (χ2v) is 7.83. The number of anilines is 1. The molecular weight excluding hydrogens is 318 g/mol. The molecule has 0 aliphatic heterocycles. The van der Waals surface area contributed by atoms with Gasteiger partial charge in [-0.1, -0.05) is 6.07 Å². The van der Waals surface area contributed by atoms with Crippen LogP contribution in [0.2, 0.25) is 0 Å². The van der Waals surface area contributed by atoms with Crippen molar-refractivity contribution in [3.63, 3.8) is 0 Å². The quantitative estimate of drug-likeness (QED) is 0.657. The molecule has 0 unspecified atom stereocenters. The monoisotopic (exact) mass is 343 g/mol. The van der Waals surface area contributed by atoms with Gasteiger partial charge >= 0.3 is 6.09 Å². The number of rotatable bonds is 7. The smallest absolute Gasteiger partial charge is 0.407 e. The Kier molecular flexibility index (Phi) is 6.83. The van der Waals surface area contributed by atoms with Gasteiger partial charge in [0, 0.05) is 18.8 Å². The van der Waals surface area contributed by atoms with E-state index in [4.69, 9.17) is 4.74 Å². The summed E-state index contributed by atoms with van der Waals surface area (Å²) in [6.07, 6.45) is 0.238. The van der Waals surface area contributed by atoms with Crippen LogP contribution in [-0.4, -0.2) is 40.2 Å². The summed E-state index contributed by atoms with van der Waals surface area (Å²) in [6, 6.07) is 6.55. The van der Waals surface area contributed by atoms with E-state index in [-0.39, 0.29) is 4.90 Å². The number of hydrogen-bond acceptors (Lipinski definition) is 5. The van der Waals surface area contributed by atoms with Crippen LogP contribution in [0, 0.1) is 0 Å². The molecule has 0 aromatic heterocycles. The Morgan fingerprint density at radius 3 is 2.52 bits per heavy atom. The zero-order valence-corrected chi connectivity index (χ0v) is 14.8. The maximum absolute atomic E-state index is 11.7. The highest BCUT2D eigenvalue weighted by Gasteiger charge is 2.15. The van der Waals surface area contributed by atoms with Gasteiger partial charge < -0.3 is 15.4 Å². The number of nitrogens with one attached hydrogen (secondary N) is 3. The molecule has 0 bridgehead atoms. The van der Waals surface area contributed by atoms with Gasteiger partial charge in [0.05, 0.1) is 4.90 Å². The highest BCUT2D eigenvalue weighted by Crippen LogP contribution is 2.14. The standard InChI is InChI=1S/C15H25N3O4S/c1-15(2,3)22-14(19)18-10-6-9-17-12-7-5-8-13(11-12)23(20,21)16-4/h5,7-8,11,16-17H,6,9-10H2,1-4H3,(H,18,19). The molecule has 0 saturated carbocycles. The molecule has 0 saturated heterocycles. The van der Waals surface area contributed by atoms with Crippen molar-refractivity contribution < 1.29 is 17.9 Å². The summed E-state index contributed by atoms with van der Waals surface area (Å²) in [7, 11) is -2.08. The Balaban J connectivity index is 2.37. The molecule has 0 radical (unpaired) electrons. The number of ether oxygens (including phenoxy) is 1. The SMILES string of the molecule is CNS(=O)(=O)c1cccc(NCCCNC(=O)OC(C)(C)C)c1. The fourth-order valence-corrected chi connectivity index (χ4v) is 2.49. The molecule has 0 aliphatic rings. The third kappa shape index (κ3) is 7.34. The molecular formula is C15H25N3O4S. The van der Waals surface area contributed by atoms with Crippen molar-refractivity contribution in [2.24, 2.45) is 0 Å². The average Bonchev–Trinajstić information content (AvgIpc) is 2.45. The maximum Gasteiger partial charge on any atom is 0.407 e. The molecule has 0 fully saturated rings. The van der Waals surface area contributed by atoms with E-state index in [9.17, 15) is 13.2 Å². The first-order chi connectivity index (χ1) is 10.6. The fraction of sp³-hybridized carbons (Fsp3) is 0.533. The minimum absolute atomic E-state index is 0.205. The summed E-state index contributed by atoms with van der Waals surface area (Å²) in [6.45, 7) is 6.48. The van der Waals surface area contributed by atoms with Crippen LogP contribution in [0.4, 0.5) is 10.5 Å². The van der Waals surface area contributed by atoms with Gasteiger partial charge in [0.2, 0.25) is 10.0 Å². The predicted molar refractivity (Wildman–Crippen MR) is 90.0 cm³/mol. The zero-order valence-electron chi connectivity index (χ0n) is 14.0. The van der Waals surface area contributed by atoms with Crippen molar-refractivity contribution in [1.29, 1.82) is 0 Å². The highest BCUT2D eigenvalue weighted by atomic mass is 32.2. The number of alkyl carbamates (subject to hydrolysis) is 1. The fourth-order valence-electron chi connectivity index (χ4n) is 1.72. The largest absolute Gasteiger partial charge is 0.444 e. The Morgan fingerprint density at radius 2 is 1.91 bits per heavy atom. The summed E-state index contributed by atoms with van der Waals surface area (Å²) in [5.74, 6) is 0. The molecule has 1 rings (SSSR count). The lowest BCUT2D eigenvalue weighted by Crippen LogP contribution is -2.33. The van der Waals surface area contributed by atoms with Crippen LogP contribution in [0.1, 0.15) is 27.2 Å². The van der Waals surface area contributed by atoms with Crippen LogP contribution in [0.5, 0.6) is 0 Å². The van der Waals surface area contributed by atoms with E-state index in [1.54, 1.807) is 39.0 Å². The van der Waals surface area contributed by atoms with Crippen molar-refractivity contribution >= 4 is 21.8 Å². The third-order valence-electron chi connectivity index (χ3n) is 2.76. The molecule has 1 amide bonds. The van der Waals surface area contributed by atoms with Gasteiger partial charge in [-0.25, -0.2) is 17.9 Å². The highest BCUT2D eigenvalue weighted by molar-refractivity contribution is 7.89. The Hall–Kier alpha value is -1.80. The molecule has 0 aliphatic carbocycles. The van der Waals surface area contributed by atoms with E-state index < -0.39 is 21.7 Å². The van der Waals surface area contributed by atoms with Crippen molar-refractivity contribution in [2.75, 3.05) is 25.5 Å². The minimum Gasteiger partial charge on any atom is -0.444 e. The lowest BCUT2D eigenvalue weighted by Gasteiger charge is -2.19. The number of amides is 1. The lowest BCUT2D eigenvalue weighted by atomic mass is 10.2. The van der Waals surface area contributed by atoms with Gasteiger partial charge in [-0.15, -0.1) is 0 Å². The van der Waals surface area contributed by atoms with Crippen molar-refractivity contribution in [3.05, 3.63) is 24.3 Å². The normalized spacial score (nSPS) is 11.8. The molecule has 1 aromatic carbocycles. The molecule has 130 valence electrons. The number of sulfonamides is 1. The summed E-state index contributed by atoms with van der Waals surface area (Å²) < 4.78 is 30.8. The molecule has 8 heteroatoms. The second kappa shape index (κ2) is 8.16. The zero-order chi connectivity index (χ0) is 17.5. The van der Waals surface area contributed by atoms with Crippen LogP contribution < -0.4 is 15.4 Å². The molecule has 0 heterocycles. The first kappa shape index (κ1) is 19.2. The van der Waals surface area contributed by atoms with Gasteiger partial charge in [-0.05, 0) is 52.4 Å². The molecule has 0 atom stereocenters. The van der Waals surface area contributed by atoms with Gasteiger partial charge in [-0.3, -0.25) is 0 Å². The second-order valence-electron chi connectivity index (χ2n) is 5.94. The maximum atomic E-state index is 11.7. The molecule has 23 heavy (non-hydrogen) atoms. The van der Waals surface area contributed by atoms with E-state index in [1.807, 2.05) is 0 Å². The predicted octanol–water partition coefficient (Wildman–Crippen LogP) is 1.92. The number of hydrogen-bond donors (Lipinski definition) is 3. The van der Waals surface area contributed by atoms with Crippen LogP contribution >= 0.6 is 0 Å². The topological polar surface area (TPSA) is 96.5 Å². The van der Waals surface area contributed by atoms with E-state index in [0.29, 0.717) is 25.2 Å². The van der Waals surface area contributed by atoms with Crippen molar-refractivity contribution in [2.45, 2.75) is 37.7 Å². The summed E-state index contributed by atoms with van der Waals surface area (Å²) >= 11 is 0. The van der Waals surface area contributed by atoms with Gasteiger partial charge in [0.25, 0.3) is 0 Å². The molecule has 1 aromatic rings. The van der Waals surface area contributed by atoms with Crippen molar-refractivity contribution in [1.82, 2.24) is 10.0 Å². The first-order valence-corrected chi connectivity index (χ1v) is 8.87. The Bertz CT molecular complexity index is 624. The summed E-state index contributed by atoms with van der Waals surface area (Å²) in [5.41, 5.74) is 0.195. The number of carbonyl (C=O) groups excluding carboxylic acids is 1. The van der Waals surface area contributed by atoms with E-state index >= 15 is 0 Å². The summed E-state index contributed by atoms with van der Waals surface area (Å²) in [5, 5.41) is 5.78. The number of benzene rings is 1. The Labute approximate surface area is 137 Å². The van der Waals surface area contributed by atoms with E-state index in [0.717, 1.165) is 0 Å².